The summed E-state index contributed by atoms with van der Waals surface area (Å²) in [7, 11) is 0. The molecule has 1 aromatic heterocycles. The molecule has 0 aliphatic carbocycles. The molecule has 3 aromatic rings. The number of rotatable bonds is 3. The molecule has 0 atom stereocenters. The van der Waals surface area contributed by atoms with Crippen LogP contribution in [0.15, 0.2) is 60.9 Å². The predicted molar refractivity (Wildman–Crippen MR) is 83.7 cm³/mol. The van der Waals surface area contributed by atoms with E-state index in [0.717, 1.165) is 27.9 Å². The van der Waals surface area contributed by atoms with Gasteiger partial charge in [0.15, 0.2) is 5.78 Å². The van der Waals surface area contributed by atoms with Gasteiger partial charge in [-0.3, -0.25) is 4.79 Å². The molecule has 21 heavy (non-hydrogen) atoms. The second-order valence-corrected chi connectivity index (χ2v) is 5.06. The van der Waals surface area contributed by atoms with Gasteiger partial charge in [0.2, 0.25) is 0 Å². The van der Waals surface area contributed by atoms with Crippen LogP contribution < -0.4 is 0 Å². The molecule has 0 fully saturated rings. The first kappa shape index (κ1) is 13.3. The van der Waals surface area contributed by atoms with E-state index in [1.54, 1.807) is 13.1 Å². The van der Waals surface area contributed by atoms with Crippen molar-refractivity contribution in [3.05, 3.63) is 72.1 Å². The summed E-state index contributed by atoms with van der Waals surface area (Å²) < 4.78 is 1.88. The van der Waals surface area contributed by atoms with Crippen molar-refractivity contribution < 1.29 is 4.79 Å². The van der Waals surface area contributed by atoms with Gasteiger partial charge in [0.05, 0.1) is 5.69 Å². The van der Waals surface area contributed by atoms with E-state index in [4.69, 9.17) is 0 Å². The van der Waals surface area contributed by atoms with Crippen LogP contribution in [0.2, 0.25) is 0 Å². The third-order valence-electron chi connectivity index (χ3n) is 3.57. The lowest BCUT2D eigenvalue weighted by molar-refractivity contribution is 0.101. The SMILES string of the molecule is CC(=O)c1ccc(-c2cccc(C)c2-n2cccn2)cc1. The van der Waals surface area contributed by atoms with E-state index in [9.17, 15) is 4.79 Å². The van der Waals surface area contributed by atoms with E-state index in [1.807, 2.05) is 47.3 Å². The molecule has 0 N–H and O–H groups in total. The van der Waals surface area contributed by atoms with Crippen molar-refractivity contribution in [2.45, 2.75) is 13.8 Å². The average molecular weight is 276 g/mol. The Morgan fingerprint density at radius 2 is 1.81 bits per heavy atom. The van der Waals surface area contributed by atoms with Crippen LogP contribution in [0.4, 0.5) is 0 Å². The molecule has 0 amide bonds. The molecule has 0 radical (unpaired) electrons. The number of aryl methyl sites for hydroxylation is 1. The Bertz CT molecular complexity index is 771. The minimum Gasteiger partial charge on any atom is -0.295 e. The highest BCUT2D eigenvalue weighted by molar-refractivity contribution is 5.94. The summed E-state index contributed by atoms with van der Waals surface area (Å²) in [6.07, 6.45) is 3.71. The van der Waals surface area contributed by atoms with Gasteiger partial charge in [0.1, 0.15) is 0 Å². The maximum absolute atomic E-state index is 11.4. The molecular weight excluding hydrogens is 260 g/mol. The lowest BCUT2D eigenvalue weighted by Crippen LogP contribution is -2.00. The number of Topliss-reactive ketones (excluding diaryl/α,β-unsaturated/α-hetero) is 1. The lowest BCUT2D eigenvalue weighted by atomic mass is 9.99. The van der Waals surface area contributed by atoms with E-state index in [0.29, 0.717) is 0 Å². The van der Waals surface area contributed by atoms with Crippen LogP contribution in [-0.2, 0) is 0 Å². The molecule has 104 valence electrons. The number of carbonyl (C=O) groups is 1. The Labute approximate surface area is 123 Å². The summed E-state index contributed by atoms with van der Waals surface area (Å²) in [5.74, 6) is 0.0816. The van der Waals surface area contributed by atoms with Crippen LogP contribution >= 0.6 is 0 Å². The number of nitrogens with zero attached hydrogens (tertiary/aromatic N) is 2. The van der Waals surface area contributed by atoms with Crippen molar-refractivity contribution >= 4 is 5.78 Å². The van der Waals surface area contributed by atoms with Crippen molar-refractivity contribution in [2.24, 2.45) is 0 Å². The molecule has 3 rings (SSSR count). The molecule has 2 aromatic carbocycles. The summed E-state index contributed by atoms with van der Waals surface area (Å²) in [6.45, 7) is 3.65. The van der Waals surface area contributed by atoms with Crippen molar-refractivity contribution in [2.75, 3.05) is 0 Å². The predicted octanol–water partition coefficient (Wildman–Crippen LogP) is 4.05. The fraction of sp³-hybridized carbons (Fsp3) is 0.111. The van der Waals surface area contributed by atoms with Crippen molar-refractivity contribution in [1.29, 1.82) is 0 Å². The zero-order valence-electron chi connectivity index (χ0n) is 12.1. The van der Waals surface area contributed by atoms with Gasteiger partial charge in [-0.1, -0.05) is 42.5 Å². The van der Waals surface area contributed by atoms with Crippen LogP contribution in [0.3, 0.4) is 0 Å². The molecule has 3 nitrogen and oxygen atoms in total. The summed E-state index contributed by atoms with van der Waals surface area (Å²) in [4.78, 5) is 11.4. The summed E-state index contributed by atoms with van der Waals surface area (Å²) in [5.41, 5.74) is 5.14. The Morgan fingerprint density at radius 3 is 2.43 bits per heavy atom. The number of para-hydroxylation sites is 1. The van der Waals surface area contributed by atoms with Crippen LogP contribution in [0.1, 0.15) is 22.8 Å². The lowest BCUT2D eigenvalue weighted by Gasteiger charge is -2.13. The Morgan fingerprint density at radius 1 is 1.05 bits per heavy atom. The van der Waals surface area contributed by atoms with Crippen molar-refractivity contribution in [1.82, 2.24) is 9.78 Å². The first-order chi connectivity index (χ1) is 10.2. The van der Waals surface area contributed by atoms with Gasteiger partial charge in [-0.25, -0.2) is 4.68 Å². The molecule has 0 unspecified atom stereocenters. The fourth-order valence-electron chi connectivity index (χ4n) is 2.48. The summed E-state index contributed by atoms with van der Waals surface area (Å²) in [5, 5.41) is 4.34. The number of benzene rings is 2. The Kier molecular flexibility index (Phi) is 3.40. The van der Waals surface area contributed by atoms with E-state index < -0.39 is 0 Å². The van der Waals surface area contributed by atoms with Crippen LogP contribution in [0.5, 0.6) is 0 Å². The number of ketones is 1. The van der Waals surface area contributed by atoms with Crippen molar-refractivity contribution in [3.8, 4) is 16.8 Å². The quantitative estimate of drug-likeness (QED) is 0.676. The maximum atomic E-state index is 11.4. The minimum absolute atomic E-state index is 0.0816. The highest BCUT2D eigenvalue weighted by Gasteiger charge is 2.10. The molecule has 0 spiro atoms. The zero-order valence-corrected chi connectivity index (χ0v) is 12.1. The van der Waals surface area contributed by atoms with Crippen LogP contribution in [0.25, 0.3) is 16.8 Å². The monoisotopic (exact) mass is 276 g/mol. The van der Waals surface area contributed by atoms with Crippen molar-refractivity contribution in [3.63, 3.8) is 0 Å². The molecule has 1 heterocycles. The zero-order chi connectivity index (χ0) is 14.8. The van der Waals surface area contributed by atoms with Crippen LogP contribution in [-0.4, -0.2) is 15.6 Å². The Hall–Kier alpha value is -2.68. The van der Waals surface area contributed by atoms with E-state index in [-0.39, 0.29) is 5.78 Å². The minimum atomic E-state index is 0.0816. The summed E-state index contributed by atoms with van der Waals surface area (Å²) in [6, 6.07) is 15.8. The van der Waals surface area contributed by atoms with E-state index >= 15 is 0 Å². The average Bonchev–Trinajstić information content (AvgIpc) is 3.01. The largest absolute Gasteiger partial charge is 0.295 e. The molecule has 0 aliphatic rings. The normalized spacial score (nSPS) is 10.6. The highest BCUT2D eigenvalue weighted by atomic mass is 16.1. The third-order valence-corrected chi connectivity index (χ3v) is 3.57. The molecule has 0 saturated heterocycles. The Balaban J connectivity index is 2.15. The second kappa shape index (κ2) is 5.37. The van der Waals surface area contributed by atoms with Gasteiger partial charge < -0.3 is 0 Å². The number of hydrogen-bond donors (Lipinski definition) is 0. The van der Waals surface area contributed by atoms with Gasteiger partial charge in [-0.15, -0.1) is 0 Å². The first-order valence-corrected chi connectivity index (χ1v) is 6.88. The number of carbonyl (C=O) groups excluding carboxylic acids is 1. The fourth-order valence-corrected chi connectivity index (χ4v) is 2.48. The van der Waals surface area contributed by atoms with Gasteiger partial charge in [0, 0.05) is 23.5 Å². The smallest absolute Gasteiger partial charge is 0.159 e. The highest BCUT2D eigenvalue weighted by Crippen LogP contribution is 2.29. The standard InChI is InChI=1S/C18H16N2O/c1-13-5-3-6-17(18(13)20-12-4-11-19-20)16-9-7-15(8-10-16)14(2)21/h3-12H,1-2H3. The van der Waals surface area contributed by atoms with E-state index in [1.165, 1.54) is 0 Å². The van der Waals surface area contributed by atoms with Gasteiger partial charge >= 0.3 is 0 Å². The van der Waals surface area contributed by atoms with Gasteiger partial charge in [-0.2, -0.15) is 5.10 Å². The first-order valence-electron chi connectivity index (χ1n) is 6.88. The molecule has 3 heteroatoms. The molecule has 0 aliphatic heterocycles. The molecular formula is C18H16N2O. The number of hydrogen-bond acceptors (Lipinski definition) is 2. The number of aromatic nitrogens is 2. The molecule has 0 bridgehead atoms. The summed E-state index contributed by atoms with van der Waals surface area (Å²) >= 11 is 0. The molecule has 0 saturated carbocycles. The second-order valence-electron chi connectivity index (χ2n) is 5.06. The van der Waals surface area contributed by atoms with Gasteiger partial charge in [-0.05, 0) is 31.0 Å². The maximum Gasteiger partial charge on any atom is 0.159 e. The third kappa shape index (κ3) is 2.50. The van der Waals surface area contributed by atoms with E-state index in [2.05, 4.69) is 24.2 Å². The van der Waals surface area contributed by atoms with Gasteiger partial charge in [0.25, 0.3) is 0 Å². The van der Waals surface area contributed by atoms with Crippen LogP contribution in [0, 0.1) is 6.92 Å². The topological polar surface area (TPSA) is 34.9 Å².